The summed E-state index contributed by atoms with van der Waals surface area (Å²) in [6, 6.07) is 5.30. The molecule has 0 bridgehead atoms. The lowest BCUT2D eigenvalue weighted by Gasteiger charge is -2.16. The molecule has 1 saturated heterocycles. The second-order valence-corrected chi connectivity index (χ2v) is 7.80. The van der Waals surface area contributed by atoms with E-state index in [2.05, 4.69) is 31.9 Å². The van der Waals surface area contributed by atoms with Crippen LogP contribution in [0.3, 0.4) is 0 Å². The molecule has 1 heterocycles. The topological polar surface area (TPSA) is 63.6 Å². The smallest absolute Gasteiger partial charge is 0.156 e. The van der Waals surface area contributed by atoms with Crippen molar-refractivity contribution in [1.29, 1.82) is 0 Å². The highest BCUT2D eigenvalue weighted by Gasteiger charge is 2.38. The van der Waals surface area contributed by atoms with Gasteiger partial charge in [-0.15, -0.1) is 0 Å². The maximum absolute atomic E-state index is 11.3. The number of rotatable bonds is 2. The van der Waals surface area contributed by atoms with Crippen LogP contribution in [0.4, 0.5) is 0 Å². The largest absolute Gasteiger partial charge is 0.485 e. The first-order valence-corrected chi connectivity index (χ1v) is 8.28. The summed E-state index contributed by atoms with van der Waals surface area (Å²) in [6.07, 6.45) is -1.66. The number of halogens is 2. The Morgan fingerprint density at radius 3 is 2.53 bits per heavy atom. The Balaban J connectivity index is 2.17. The van der Waals surface area contributed by atoms with Crippen molar-refractivity contribution in [2.75, 3.05) is 11.5 Å². The summed E-state index contributed by atoms with van der Waals surface area (Å²) in [4.78, 5) is 0. The van der Waals surface area contributed by atoms with Gasteiger partial charge in [-0.1, -0.05) is 15.9 Å². The molecule has 2 rings (SSSR count). The Kier molecular flexibility index (Phi) is 3.82. The Morgan fingerprint density at radius 2 is 2.00 bits per heavy atom. The van der Waals surface area contributed by atoms with Gasteiger partial charge in [0.2, 0.25) is 0 Å². The third-order valence-electron chi connectivity index (χ3n) is 2.44. The summed E-state index contributed by atoms with van der Waals surface area (Å²) in [6.45, 7) is 0. The van der Waals surface area contributed by atoms with Gasteiger partial charge in [0.25, 0.3) is 0 Å². The number of ether oxygens (including phenoxy) is 1. The van der Waals surface area contributed by atoms with Gasteiger partial charge < -0.3 is 9.84 Å². The summed E-state index contributed by atoms with van der Waals surface area (Å²) in [5.41, 5.74) is 0. The number of hydrogen-bond donors (Lipinski definition) is 1. The van der Waals surface area contributed by atoms with Crippen LogP contribution in [0.1, 0.15) is 0 Å². The van der Waals surface area contributed by atoms with Gasteiger partial charge in [-0.2, -0.15) is 0 Å². The monoisotopic (exact) mass is 384 g/mol. The van der Waals surface area contributed by atoms with Crippen LogP contribution in [0.25, 0.3) is 0 Å². The van der Waals surface area contributed by atoms with Gasteiger partial charge in [0.15, 0.2) is 9.84 Å². The average Bonchev–Trinajstić information content (AvgIpc) is 2.44. The summed E-state index contributed by atoms with van der Waals surface area (Å²) < 4.78 is 29.8. The minimum atomic E-state index is -3.19. The van der Waals surface area contributed by atoms with Gasteiger partial charge in [0.1, 0.15) is 18.0 Å². The molecule has 0 saturated carbocycles. The van der Waals surface area contributed by atoms with E-state index in [0.29, 0.717) is 10.2 Å². The molecular formula is C10H10Br2O4S. The van der Waals surface area contributed by atoms with Gasteiger partial charge in [0, 0.05) is 4.47 Å². The fourth-order valence-electron chi connectivity index (χ4n) is 1.64. The van der Waals surface area contributed by atoms with E-state index < -0.39 is 22.0 Å². The van der Waals surface area contributed by atoms with E-state index in [4.69, 9.17) is 4.74 Å². The van der Waals surface area contributed by atoms with Crippen LogP contribution >= 0.6 is 31.9 Å². The quantitative estimate of drug-likeness (QED) is 0.842. The second-order valence-electron chi connectivity index (χ2n) is 3.88. The van der Waals surface area contributed by atoms with Gasteiger partial charge in [0.05, 0.1) is 16.0 Å². The molecule has 17 heavy (non-hydrogen) atoms. The molecule has 1 aliphatic heterocycles. The van der Waals surface area contributed by atoms with E-state index in [9.17, 15) is 13.5 Å². The Hall–Kier alpha value is -0.110. The normalized spacial score (nSPS) is 27.0. The average molecular weight is 386 g/mol. The van der Waals surface area contributed by atoms with Crippen LogP contribution in [0.15, 0.2) is 27.1 Å². The zero-order valence-corrected chi connectivity index (χ0v) is 12.6. The second kappa shape index (κ2) is 4.87. The van der Waals surface area contributed by atoms with Crippen LogP contribution in [0.2, 0.25) is 0 Å². The SMILES string of the molecule is O=S1(=O)CC(O)C(Oc2ccc(Br)cc2Br)C1. The van der Waals surface area contributed by atoms with E-state index >= 15 is 0 Å². The minimum Gasteiger partial charge on any atom is -0.485 e. The van der Waals surface area contributed by atoms with Gasteiger partial charge in [-0.05, 0) is 34.1 Å². The zero-order valence-electron chi connectivity index (χ0n) is 8.64. The Labute approximate surface area is 116 Å². The molecule has 1 aromatic rings. The van der Waals surface area contributed by atoms with E-state index in [1.165, 1.54) is 0 Å². The molecule has 7 heteroatoms. The van der Waals surface area contributed by atoms with E-state index in [-0.39, 0.29) is 11.5 Å². The summed E-state index contributed by atoms with van der Waals surface area (Å²) in [7, 11) is -3.19. The summed E-state index contributed by atoms with van der Waals surface area (Å²) in [5.74, 6) is 0.150. The predicted octanol–water partition coefficient (Wildman–Crippen LogP) is 1.75. The van der Waals surface area contributed by atoms with Gasteiger partial charge in [-0.25, -0.2) is 8.42 Å². The molecule has 0 aromatic heterocycles. The molecule has 0 radical (unpaired) electrons. The van der Waals surface area contributed by atoms with Crippen molar-refractivity contribution in [3.8, 4) is 5.75 Å². The highest BCUT2D eigenvalue weighted by Crippen LogP contribution is 2.30. The minimum absolute atomic E-state index is 0.142. The Bertz CT molecular complexity index is 529. The highest BCUT2D eigenvalue weighted by atomic mass is 79.9. The first-order chi connectivity index (χ1) is 7.87. The molecule has 0 aliphatic carbocycles. The number of hydrogen-bond acceptors (Lipinski definition) is 4. The number of aliphatic hydroxyl groups is 1. The molecule has 1 N–H and O–H groups in total. The van der Waals surface area contributed by atoms with Gasteiger partial charge in [-0.3, -0.25) is 0 Å². The van der Waals surface area contributed by atoms with Crippen LogP contribution in [-0.4, -0.2) is 37.2 Å². The van der Waals surface area contributed by atoms with Crippen molar-refractivity contribution in [2.24, 2.45) is 0 Å². The fourth-order valence-corrected chi connectivity index (χ4v) is 4.45. The van der Waals surface area contributed by atoms with Crippen LogP contribution in [-0.2, 0) is 9.84 Å². The van der Waals surface area contributed by atoms with Crippen molar-refractivity contribution < 1.29 is 18.3 Å². The molecule has 0 spiro atoms. The maximum atomic E-state index is 11.3. The molecule has 2 unspecified atom stereocenters. The van der Waals surface area contributed by atoms with Crippen molar-refractivity contribution in [3.63, 3.8) is 0 Å². The molecule has 94 valence electrons. The van der Waals surface area contributed by atoms with Crippen molar-refractivity contribution >= 4 is 41.7 Å². The lowest BCUT2D eigenvalue weighted by Crippen LogP contribution is -2.29. The standard InChI is InChI=1S/C10H10Br2O4S/c11-6-1-2-9(7(12)3-6)16-10-5-17(14,15)4-8(10)13/h1-3,8,10,13H,4-5H2. The molecule has 0 amide bonds. The van der Waals surface area contributed by atoms with Crippen molar-refractivity contribution in [2.45, 2.75) is 12.2 Å². The van der Waals surface area contributed by atoms with Crippen LogP contribution < -0.4 is 4.74 Å². The zero-order chi connectivity index (χ0) is 12.6. The predicted molar refractivity (Wildman–Crippen MR) is 70.9 cm³/mol. The first kappa shape index (κ1) is 13.3. The van der Waals surface area contributed by atoms with Crippen molar-refractivity contribution in [3.05, 3.63) is 27.1 Å². The lowest BCUT2D eigenvalue weighted by molar-refractivity contribution is 0.0733. The molecule has 1 fully saturated rings. The van der Waals surface area contributed by atoms with E-state index in [1.54, 1.807) is 18.2 Å². The van der Waals surface area contributed by atoms with E-state index in [0.717, 1.165) is 4.47 Å². The van der Waals surface area contributed by atoms with Gasteiger partial charge >= 0.3 is 0 Å². The molecular weight excluding hydrogens is 376 g/mol. The lowest BCUT2D eigenvalue weighted by atomic mass is 10.2. The molecule has 1 aromatic carbocycles. The molecule has 4 nitrogen and oxygen atoms in total. The Morgan fingerprint density at radius 1 is 1.29 bits per heavy atom. The number of sulfone groups is 1. The van der Waals surface area contributed by atoms with Crippen LogP contribution in [0, 0.1) is 0 Å². The fraction of sp³-hybridized carbons (Fsp3) is 0.400. The summed E-state index contributed by atoms with van der Waals surface area (Å²) >= 11 is 6.62. The number of benzene rings is 1. The number of aliphatic hydroxyl groups excluding tert-OH is 1. The summed E-state index contributed by atoms with van der Waals surface area (Å²) in [5, 5.41) is 9.60. The first-order valence-electron chi connectivity index (χ1n) is 4.87. The van der Waals surface area contributed by atoms with E-state index in [1.807, 2.05) is 0 Å². The third-order valence-corrected chi connectivity index (χ3v) is 5.24. The molecule has 1 aliphatic rings. The highest BCUT2D eigenvalue weighted by molar-refractivity contribution is 9.11. The third kappa shape index (κ3) is 3.21. The molecule has 2 atom stereocenters. The van der Waals surface area contributed by atoms with Crippen molar-refractivity contribution in [1.82, 2.24) is 0 Å². The maximum Gasteiger partial charge on any atom is 0.156 e. The van der Waals surface area contributed by atoms with Crippen LogP contribution in [0.5, 0.6) is 5.75 Å².